The van der Waals surface area contributed by atoms with Crippen LogP contribution in [-0.4, -0.2) is 62.1 Å². The third-order valence-electron chi connectivity index (χ3n) is 4.06. The zero-order valence-corrected chi connectivity index (χ0v) is 26.4. The van der Waals surface area contributed by atoms with E-state index >= 15 is 0 Å². The van der Waals surface area contributed by atoms with Gasteiger partial charge in [0.2, 0.25) is 6.41 Å². The molecule has 7 heteroatoms. The molecule has 0 aromatic heterocycles. The Kier molecular flexibility index (Phi) is 46.2. The highest BCUT2D eigenvalue weighted by atomic mass is 16.5. The lowest BCUT2D eigenvalue weighted by atomic mass is 9.94. The summed E-state index contributed by atoms with van der Waals surface area (Å²) in [5, 5.41) is 11.8. The summed E-state index contributed by atoms with van der Waals surface area (Å²) in [6.45, 7) is 35.3. The summed E-state index contributed by atoms with van der Waals surface area (Å²) < 4.78 is 4.79. The number of allylic oxidation sites excluding steroid dienone is 2. The number of methoxy groups -OCH3 is 1. The molecule has 0 radical (unpaired) electrons. The number of aliphatic hydroxyl groups is 1. The van der Waals surface area contributed by atoms with Gasteiger partial charge < -0.3 is 30.6 Å². The van der Waals surface area contributed by atoms with Crippen LogP contribution in [0.3, 0.4) is 0 Å². The molecule has 1 saturated heterocycles. The number of nitrogens with zero attached hydrogens (tertiary/aromatic N) is 1. The Balaban J connectivity index is -0.0000000889. The molecule has 0 aromatic rings. The third-order valence-corrected chi connectivity index (χ3v) is 4.06. The average Bonchev–Trinajstić information content (AvgIpc) is 3.28. The second-order valence-electron chi connectivity index (χ2n) is 9.06. The molecule has 1 heterocycles. The number of nitrogens with one attached hydrogen (secondary N) is 1. The van der Waals surface area contributed by atoms with E-state index in [2.05, 4.69) is 85.8 Å². The lowest BCUT2D eigenvalue weighted by molar-refractivity contribution is -0.111. The van der Waals surface area contributed by atoms with E-state index in [1.807, 2.05) is 26.8 Å². The summed E-state index contributed by atoms with van der Waals surface area (Å²) in [5.41, 5.74) is 5.69. The standard InChI is InChI=1S/C9H14N2O3.C6H10O.C6H14.C4H10.C2H6.C2H4.CH5N/c1-7(3-10-6-13)11-4-9(14)2-8(11)5-12;1-4-6(5-2)7-3;1-5-6(2,3)4;1-4(2)3;3*1-2/h5-6,8-9,14H,1-4H2,(H,10,13);4-5H,1H2,2-3H3;5H2,1-4H3;4H,1-3H3;1-2H3;1-2H2;2H2,1H3/b;6-5+;;;;;/t8-,9-;;;;;;/m0....../s1. The first-order valence-electron chi connectivity index (χ1n) is 13.0. The van der Waals surface area contributed by atoms with Crippen LogP contribution in [0.15, 0.2) is 49.9 Å². The number of nitrogens with two attached hydrogens (primary N) is 1. The van der Waals surface area contributed by atoms with Gasteiger partial charge in [0.25, 0.3) is 0 Å². The number of ether oxygens (including phenoxy) is 1. The summed E-state index contributed by atoms with van der Waals surface area (Å²) in [6.07, 6.45) is 6.11. The van der Waals surface area contributed by atoms with Crippen LogP contribution in [0.5, 0.6) is 0 Å². The third kappa shape index (κ3) is 41.0. The minimum atomic E-state index is -0.488. The Morgan fingerprint density at radius 2 is 1.59 bits per heavy atom. The number of carbonyl (C=O) groups excluding carboxylic acids is 2. The van der Waals surface area contributed by atoms with E-state index in [4.69, 9.17) is 4.74 Å². The Labute approximate surface area is 230 Å². The van der Waals surface area contributed by atoms with Gasteiger partial charge in [-0.1, -0.05) is 81.9 Å². The molecule has 2 atom stereocenters. The maximum absolute atomic E-state index is 10.7. The molecule has 0 saturated carbocycles. The van der Waals surface area contributed by atoms with Crippen LogP contribution in [0.2, 0.25) is 0 Å². The van der Waals surface area contributed by atoms with Gasteiger partial charge >= 0.3 is 0 Å². The van der Waals surface area contributed by atoms with Gasteiger partial charge in [0.15, 0.2) is 0 Å². The number of likely N-dealkylation sites (tertiary alicyclic amines) is 1. The summed E-state index contributed by atoms with van der Waals surface area (Å²) in [5.74, 6) is 1.65. The normalized spacial score (nSPS) is 15.2. The van der Waals surface area contributed by atoms with E-state index in [0.717, 1.165) is 18.0 Å². The molecule has 4 N–H and O–H groups in total. The van der Waals surface area contributed by atoms with Crippen molar-refractivity contribution in [2.75, 3.05) is 27.2 Å². The van der Waals surface area contributed by atoms with E-state index in [9.17, 15) is 14.7 Å². The predicted molar refractivity (Wildman–Crippen MR) is 164 cm³/mol. The Morgan fingerprint density at radius 1 is 1.19 bits per heavy atom. The zero-order valence-electron chi connectivity index (χ0n) is 26.4. The van der Waals surface area contributed by atoms with Crippen LogP contribution in [0.4, 0.5) is 0 Å². The van der Waals surface area contributed by atoms with E-state index in [0.29, 0.717) is 37.0 Å². The number of carbonyl (C=O) groups is 2. The maximum Gasteiger partial charge on any atom is 0.207 e. The Hall–Kier alpha value is -2.38. The van der Waals surface area contributed by atoms with E-state index < -0.39 is 6.10 Å². The molecule has 1 fully saturated rings. The maximum atomic E-state index is 10.7. The van der Waals surface area contributed by atoms with Gasteiger partial charge in [-0.05, 0) is 37.5 Å². The highest BCUT2D eigenvalue weighted by molar-refractivity contribution is 5.59. The predicted octanol–water partition coefficient (Wildman–Crippen LogP) is 6.11. The average molecular weight is 530 g/mol. The molecule has 0 bridgehead atoms. The molecule has 1 rings (SSSR count). The van der Waals surface area contributed by atoms with Crippen molar-refractivity contribution < 1.29 is 19.4 Å². The molecule has 1 aliphatic heterocycles. The van der Waals surface area contributed by atoms with E-state index in [-0.39, 0.29) is 6.04 Å². The number of hydrogen-bond donors (Lipinski definition) is 3. The molecular weight excluding hydrogens is 466 g/mol. The molecule has 7 nitrogen and oxygen atoms in total. The molecule has 37 heavy (non-hydrogen) atoms. The highest BCUT2D eigenvalue weighted by Crippen LogP contribution is 2.19. The van der Waals surface area contributed by atoms with E-state index in [1.54, 1.807) is 18.1 Å². The minimum absolute atomic E-state index is 0.306. The van der Waals surface area contributed by atoms with Crippen molar-refractivity contribution in [1.29, 1.82) is 0 Å². The van der Waals surface area contributed by atoms with Gasteiger partial charge in [0, 0.05) is 18.7 Å². The fourth-order valence-corrected chi connectivity index (χ4v) is 1.92. The molecule has 0 spiro atoms. The molecule has 222 valence electrons. The highest BCUT2D eigenvalue weighted by Gasteiger charge is 2.30. The zero-order chi connectivity index (χ0) is 31.0. The minimum Gasteiger partial charge on any atom is -0.497 e. The lowest BCUT2D eigenvalue weighted by Gasteiger charge is -2.24. The van der Waals surface area contributed by atoms with Crippen molar-refractivity contribution in [2.24, 2.45) is 17.1 Å². The molecule has 0 unspecified atom stereocenters. The Morgan fingerprint density at radius 3 is 1.81 bits per heavy atom. The lowest BCUT2D eigenvalue weighted by Crippen LogP contribution is -2.34. The quantitative estimate of drug-likeness (QED) is 0.159. The molecule has 1 amide bonds. The summed E-state index contributed by atoms with van der Waals surface area (Å²) in [7, 11) is 3.12. The SMILES string of the molecule is C=C.C=C(CNC=O)N1C[C@@H](O)C[C@H]1C=O.C=C/C(=C\C)OC.CC.CC(C)C.CCC(C)(C)C.CN. The smallest absolute Gasteiger partial charge is 0.207 e. The van der Waals surface area contributed by atoms with Crippen LogP contribution >= 0.6 is 0 Å². The Bertz CT molecular complexity index is 539. The fraction of sp³-hybridized carbons (Fsp3) is 0.667. The van der Waals surface area contributed by atoms with Crippen LogP contribution < -0.4 is 11.1 Å². The first-order valence-corrected chi connectivity index (χ1v) is 13.0. The van der Waals surface area contributed by atoms with Crippen molar-refractivity contribution in [3.05, 3.63) is 49.9 Å². The monoisotopic (exact) mass is 529 g/mol. The van der Waals surface area contributed by atoms with Crippen LogP contribution in [0.1, 0.15) is 82.1 Å². The molecule has 0 aliphatic carbocycles. The molecular formula is C30H63N3O4. The van der Waals surface area contributed by atoms with Crippen LogP contribution in [-0.2, 0) is 14.3 Å². The topological polar surface area (TPSA) is 105 Å². The van der Waals surface area contributed by atoms with Crippen LogP contribution in [0, 0.1) is 11.3 Å². The molecule has 0 aromatic carbocycles. The van der Waals surface area contributed by atoms with E-state index in [1.165, 1.54) is 13.5 Å². The fourth-order valence-electron chi connectivity index (χ4n) is 1.92. The number of aliphatic hydroxyl groups excluding tert-OH is 1. The summed E-state index contributed by atoms with van der Waals surface area (Å²) in [4.78, 5) is 22.4. The number of β-amino-alcohol motifs (C(OH)–C–C–N with tert-alkyl or cyclic N) is 1. The summed E-state index contributed by atoms with van der Waals surface area (Å²) >= 11 is 0. The second kappa shape index (κ2) is 35.8. The van der Waals surface area contributed by atoms with Gasteiger partial charge in [-0.2, -0.15) is 0 Å². The number of rotatable bonds is 7. The number of aldehydes is 1. The van der Waals surface area contributed by atoms with Crippen molar-refractivity contribution in [1.82, 2.24) is 10.2 Å². The summed E-state index contributed by atoms with van der Waals surface area (Å²) in [6, 6.07) is -0.314. The van der Waals surface area contributed by atoms with Crippen molar-refractivity contribution in [3.8, 4) is 0 Å². The van der Waals surface area contributed by atoms with Crippen molar-refractivity contribution in [3.63, 3.8) is 0 Å². The molecule has 1 aliphatic rings. The largest absolute Gasteiger partial charge is 0.497 e. The first kappa shape index (κ1) is 47.8. The van der Waals surface area contributed by atoms with Gasteiger partial charge in [-0.3, -0.25) is 4.79 Å². The second-order valence-corrected chi connectivity index (χ2v) is 9.06. The van der Waals surface area contributed by atoms with Gasteiger partial charge in [0.05, 0.1) is 25.8 Å². The van der Waals surface area contributed by atoms with Gasteiger partial charge in [-0.25, -0.2) is 0 Å². The van der Waals surface area contributed by atoms with Crippen LogP contribution in [0.25, 0.3) is 0 Å². The van der Waals surface area contributed by atoms with Gasteiger partial charge in [0.1, 0.15) is 12.0 Å². The van der Waals surface area contributed by atoms with Gasteiger partial charge in [-0.15, -0.1) is 13.2 Å². The van der Waals surface area contributed by atoms with Crippen molar-refractivity contribution in [2.45, 2.75) is 94.2 Å². The number of amides is 1. The number of hydrogen-bond acceptors (Lipinski definition) is 6. The van der Waals surface area contributed by atoms with Crippen molar-refractivity contribution >= 4 is 12.7 Å². The first-order chi connectivity index (χ1) is 17.3.